The predicted octanol–water partition coefficient (Wildman–Crippen LogP) is 4.38. The lowest BCUT2D eigenvalue weighted by atomic mass is 9.90. The van der Waals surface area contributed by atoms with E-state index in [0.29, 0.717) is 0 Å². The maximum atomic E-state index is 13.8. The zero-order chi connectivity index (χ0) is 27.7. The second-order valence-corrected chi connectivity index (χ2v) is 24.9. The molecule has 1 aromatic carbocycles. The Morgan fingerprint density at radius 3 is 2.19 bits per heavy atom. The molecule has 11 heteroatoms. The Kier molecular flexibility index (Phi) is 7.52. The van der Waals surface area contributed by atoms with E-state index in [1.165, 1.54) is 0 Å². The number of benzene rings is 1. The van der Waals surface area contributed by atoms with Gasteiger partial charge in [-0.25, -0.2) is 8.42 Å². The molecule has 210 valence electrons. The topological polar surface area (TPSA) is 101 Å². The molecule has 0 radical (unpaired) electrons. The number of rotatable bonds is 4. The summed E-state index contributed by atoms with van der Waals surface area (Å²) in [5.41, 5.74) is 0. The van der Waals surface area contributed by atoms with Crippen LogP contribution >= 0.6 is 0 Å². The summed E-state index contributed by atoms with van der Waals surface area (Å²) in [6, 6.07) is 8.27. The minimum absolute atomic E-state index is 0.148. The zero-order valence-electron chi connectivity index (χ0n) is 23.6. The fourth-order valence-corrected chi connectivity index (χ4v) is 14.3. The van der Waals surface area contributed by atoms with Crippen molar-refractivity contribution in [2.45, 2.75) is 118 Å². The van der Waals surface area contributed by atoms with Gasteiger partial charge in [0.05, 0.1) is 18.1 Å². The van der Waals surface area contributed by atoms with Crippen molar-refractivity contribution in [1.82, 2.24) is 0 Å². The van der Waals surface area contributed by atoms with Crippen molar-refractivity contribution in [1.29, 1.82) is 0 Å². The number of fused-ring (bicyclic) bond motifs is 1. The van der Waals surface area contributed by atoms with E-state index < -0.39 is 62.2 Å². The number of ether oxygens (including phenoxy) is 2. The summed E-state index contributed by atoms with van der Waals surface area (Å²) in [7, 11) is -9.02. The van der Waals surface area contributed by atoms with Gasteiger partial charge < -0.3 is 27.9 Å². The molecule has 1 N–H and O–H groups in total. The Labute approximate surface area is 224 Å². The number of aliphatic hydroxyl groups is 1. The van der Waals surface area contributed by atoms with E-state index in [4.69, 9.17) is 22.8 Å². The minimum atomic E-state index is -3.88. The molecule has 3 aliphatic heterocycles. The zero-order valence-corrected chi connectivity index (χ0v) is 26.4. The van der Waals surface area contributed by atoms with E-state index in [1.807, 2.05) is 19.6 Å². The first-order valence-corrected chi connectivity index (χ1v) is 19.9. The largest absolute Gasteiger partial charge is 0.409 e. The van der Waals surface area contributed by atoms with Crippen LogP contribution in [0.1, 0.15) is 48.0 Å². The SMILES string of the molecule is CC(C)(C)[Si]1(C(C)(C)C)OC[C@H]2O[C@]3(OCC[C@H]3S(=O)(=O)c3ccccc3)[C@H](O)[C@@H](O[Si](C)(C)C)[C@@H]2O1. The average molecular weight is 573 g/mol. The summed E-state index contributed by atoms with van der Waals surface area (Å²) in [5, 5.41) is 10.3. The molecule has 0 amide bonds. The highest BCUT2D eigenvalue weighted by atomic mass is 32.2. The summed E-state index contributed by atoms with van der Waals surface area (Å²) >= 11 is 0. The van der Waals surface area contributed by atoms with Crippen molar-refractivity contribution in [2.24, 2.45) is 0 Å². The number of sulfone groups is 1. The molecular formula is C26H44O8SSi2. The second-order valence-electron chi connectivity index (χ2n) is 13.5. The van der Waals surface area contributed by atoms with Crippen molar-refractivity contribution < 1.29 is 36.3 Å². The van der Waals surface area contributed by atoms with Crippen LogP contribution in [-0.4, -0.2) is 79.1 Å². The van der Waals surface area contributed by atoms with Crippen molar-refractivity contribution in [3.8, 4) is 0 Å². The van der Waals surface area contributed by atoms with Gasteiger partial charge in [0.2, 0.25) is 5.79 Å². The fourth-order valence-electron chi connectivity index (χ4n) is 6.29. The molecule has 4 rings (SSSR count). The summed E-state index contributed by atoms with van der Waals surface area (Å²) in [6.45, 7) is 19.3. The highest BCUT2D eigenvalue weighted by Gasteiger charge is 2.70. The fraction of sp³-hybridized carbons (Fsp3) is 0.769. The molecule has 0 saturated carbocycles. The van der Waals surface area contributed by atoms with Crippen LogP contribution in [0.4, 0.5) is 0 Å². The molecule has 37 heavy (non-hydrogen) atoms. The first-order chi connectivity index (χ1) is 16.9. The standard InChI is InChI=1S/C26H44O8SSi2/c1-24(2,3)37(25(4,5)6)31-17-19-21(34-37)22(33-36(7,8)9)23(27)26(32-19)20(15-16-30-26)35(28,29)18-13-11-10-12-14-18/h10-14,19-23,27H,15-17H2,1-9H3/t19-,20-,21-,22+,23-,26+/m1/s1. The molecular weight excluding hydrogens is 529 g/mol. The van der Waals surface area contributed by atoms with Crippen LogP contribution in [0.15, 0.2) is 35.2 Å². The molecule has 3 saturated heterocycles. The Hall–Kier alpha value is -0.636. The maximum absolute atomic E-state index is 13.8. The van der Waals surface area contributed by atoms with E-state index in [-0.39, 0.29) is 34.6 Å². The number of hydrogen-bond acceptors (Lipinski definition) is 8. The molecule has 0 aliphatic carbocycles. The van der Waals surface area contributed by atoms with E-state index in [0.717, 1.165) is 0 Å². The van der Waals surface area contributed by atoms with Crippen LogP contribution in [0, 0.1) is 0 Å². The highest BCUT2D eigenvalue weighted by Crippen LogP contribution is 2.56. The van der Waals surface area contributed by atoms with Crippen molar-refractivity contribution >= 4 is 26.7 Å². The van der Waals surface area contributed by atoms with Crippen LogP contribution < -0.4 is 0 Å². The molecule has 3 heterocycles. The molecule has 0 bridgehead atoms. The van der Waals surface area contributed by atoms with Gasteiger partial charge in [-0.15, -0.1) is 0 Å². The normalized spacial score (nSPS) is 34.9. The van der Waals surface area contributed by atoms with Crippen molar-refractivity contribution in [3.63, 3.8) is 0 Å². The van der Waals surface area contributed by atoms with Crippen molar-refractivity contribution in [2.75, 3.05) is 13.2 Å². The Morgan fingerprint density at radius 2 is 1.65 bits per heavy atom. The highest BCUT2D eigenvalue weighted by molar-refractivity contribution is 7.92. The number of hydrogen-bond donors (Lipinski definition) is 1. The van der Waals surface area contributed by atoms with Crippen LogP contribution in [0.25, 0.3) is 0 Å². The first-order valence-electron chi connectivity index (χ1n) is 13.1. The molecule has 0 aromatic heterocycles. The van der Waals surface area contributed by atoms with Gasteiger partial charge >= 0.3 is 8.56 Å². The molecule has 6 atom stereocenters. The molecule has 1 spiro atoms. The predicted molar refractivity (Wildman–Crippen MR) is 146 cm³/mol. The van der Waals surface area contributed by atoms with Crippen LogP contribution in [0.2, 0.25) is 29.7 Å². The first kappa shape index (κ1) is 29.3. The van der Waals surface area contributed by atoms with Crippen LogP contribution in [0.3, 0.4) is 0 Å². The number of aliphatic hydroxyl groups excluding tert-OH is 1. The van der Waals surface area contributed by atoms with E-state index in [2.05, 4.69) is 41.5 Å². The Balaban J connectivity index is 1.79. The van der Waals surface area contributed by atoms with Gasteiger partial charge in [0.1, 0.15) is 29.7 Å². The monoisotopic (exact) mass is 572 g/mol. The Morgan fingerprint density at radius 1 is 1.05 bits per heavy atom. The quantitative estimate of drug-likeness (QED) is 0.531. The second kappa shape index (κ2) is 9.48. The third-order valence-electron chi connectivity index (χ3n) is 7.57. The third kappa shape index (κ3) is 4.93. The minimum Gasteiger partial charge on any atom is -0.409 e. The van der Waals surface area contributed by atoms with Crippen molar-refractivity contribution in [3.05, 3.63) is 30.3 Å². The summed E-state index contributed by atoms with van der Waals surface area (Å²) < 4.78 is 60.4. The molecule has 0 unspecified atom stereocenters. The van der Waals surface area contributed by atoms with E-state index in [1.54, 1.807) is 30.3 Å². The van der Waals surface area contributed by atoms with Gasteiger partial charge in [-0.1, -0.05) is 59.7 Å². The Bertz CT molecular complexity index is 1060. The van der Waals surface area contributed by atoms with Gasteiger partial charge in [0.25, 0.3) is 0 Å². The molecule has 3 aliphatic rings. The van der Waals surface area contributed by atoms with Crippen LogP contribution in [-0.2, 0) is 32.6 Å². The van der Waals surface area contributed by atoms with Gasteiger partial charge in [-0.2, -0.15) is 0 Å². The van der Waals surface area contributed by atoms with E-state index in [9.17, 15) is 13.5 Å². The van der Waals surface area contributed by atoms with E-state index >= 15 is 0 Å². The maximum Gasteiger partial charge on any atom is 0.349 e. The molecule has 8 nitrogen and oxygen atoms in total. The van der Waals surface area contributed by atoms with Gasteiger partial charge in [0.15, 0.2) is 18.2 Å². The lowest BCUT2D eigenvalue weighted by Crippen LogP contribution is -2.76. The third-order valence-corrected chi connectivity index (χ3v) is 15.9. The lowest BCUT2D eigenvalue weighted by Gasteiger charge is -2.60. The summed E-state index contributed by atoms with van der Waals surface area (Å²) in [6.07, 6.45) is -3.25. The van der Waals surface area contributed by atoms with Gasteiger partial charge in [-0.3, -0.25) is 0 Å². The van der Waals surface area contributed by atoms with Gasteiger partial charge in [-0.05, 0) is 38.2 Å². The smallest absolute Gasteiger partial charge is 0.349 e. The van der Waals surface area contributed by atoms with Gasteiger partial charge in [0, 0.05) is 10.1 Å². The summed E-state index contributed by atoms with van der Waals surface area (Å²) in [4.78, 5) is 0.175. The molecule has 3 fully saturated rings. The molecule has 1 aromatic rings. The summed E-state index contributed by atoms with van der Waals surface area (Å²) in [5.74, 6) is -1.78. The lowest BCUT2D eigenvalue weighted by molar-refractivity contribution is -0.351. The average Bonchev–Trinajstić information content (AvgIpc) is 3.20. The van der Waals surface area contributed by atoms with Crippen LogP contribution in [0.5, 0.6) is 0 Å².